The number of fused-ring (bicyclic) bond motifs is 1. The van der Waals surface area contributed by atoms with Gasteiger partial charge in [-0.15, -0.1) is 0 Å². The first-order valence-corrected chi connectivity index (χ1v) is 12.2. The number of carbonyl (C=O) groups excluding carboxylic acids is 1. The van der Waals surface area contributed by atoms with Crippen LogP contribution in [0.25, 0.3) is 23.1 Å². The van der Waals surface area contributed by atoms with Gasteiger partial charge in [-0.2, -0.15) is 5.10 Å². The molecule has 0 aliphatic rings. The molecule has 0 aliphatic heterocycles. The lowest BCUT2D eigenvalue weighted by molar-refractivity contribution is -0.117. The molecule has 0 atom stereocenters. The molecule has 35 heavy (non-hydrogen) atoms. The zero-order chi connectivity index (χ0) is 24.5. The van der Waals surface area contributed by atoms with Crippen molar-refractivity contribution >= 4 is 34.6 Å². The van der Waals surface area contributed by atoms with Crippen molar-refractivity contribution in [1.82, 2.24) is 15.1 Å². The van der Waals surface area contributed by atoms with Crippen molar-refractivity contribution in [2.24, 2.45) is 0 Å². The fraction of sp³-hybridized carbons (Fsp3) is 0.241. The summed E-state index contributed by atoms with van der Waals surface area (Å²) in [6, 6.07) is 23.5. The van der Waals surface area contributed by atoms with Crippen LogP contribution in [0.1, 0.15) is 37.9 Å². The molecule has 6 heteroatoms. The highest BCUT2D eigenvalue weighted by atomic mass is 16.5. The van der Waals surface area contributed by atoms with Crippen molar-refractivity contribution in [2.75, 3.05) is 25.0 Å². The molecule has 0 fully saturated rings. The molecule has 0 bridgehead atoms. The lowest BCUT2D eigenvalue weighted by Crippen LogP contribution is -2.34. The minimum Gasteiger partial charge on any atom is -0.457 e. The summed E-state index contributed by atoms with van der Waals surface area (Å²) >= 11 is 0. The summed E-state index contributed by atoms with van der Waals surface area (Å²) in [5.74, 6) is 1.34. The average molecular weight is 469 g/mol. The van der Waals surface area contributed by atoms with Gasteiger partial charge in [0, 0.05) is 23.2 Å². The Hall–Kier alpha value is -3.90. The van der Waals surface area contributed by atoms with Crippen LogP contribution in [0.5, 0.6) is 11.5 Å². The molecule has 0 spiro atoms. The van der Waals surface area contributed by atoms with Gasteiger partial charge in [0.2, 0.25) is 5.91 Å². The molecule has 0 radical (unpaired) electrons. The molecule has 0 unspecified atom stereocenters. The summed E-state index contributed by atoms with van der Waals surface area (Å²) in [5, 5.41) is 11.5. The van der Waals surface area contributed by atoms with Crippen LogP contribution in [-0.2, 0) is 4.79 Å². The number of amides is 1. The lowest BCUT2D eigenvalue weighted by Gasteiger charge is -2.20. The standard InChI is InChI=1S/C29H32N4O2/c1-3-17-33(18-4-2)21-29(34)30-23-11-8-12-24(19-23)35-25-14-15-26-27(31-32-28(26)20-25)16-13-22-9-6-5-7-10-22/h5-16,19-20H,3-4,17-18,21H2,1-2H3,(H,30,34)(H,31,32)/b16-13+. The third-order valence-electron chi connectivity index (χ3n) is 5.60. The van der Waals surface area contributed by atoms with Gasteiger partial charge in [0.25, 0.3) is 0 Å². The van der Waals surface area contributed by atoms with E-state index in [1.165, 1.54) is 0 Å². The second kappa shape index (κ2) is 12.0. The number of rotatable bonds is 11. The number of hydrogen-bond donors (Lipinski definition) is 2. The molecule has 1 aromatic heterocycles. The number of ether oxygens (including phenoxy) is 1. The van der Waals surface area contributed by atoms with E-state index in [4.69, 9.17) is 4.74 Å². The number of carbonyl (C=O) groups is 1. The number of anilines is 1. The Balaban J connectivity index is 1.41. The number of aromatic nitrogens is 2. The van der Waals surface area contributed by atoms with Crippen molar-refractivity contribution in [3.8, 4) is 11.5 Å². The minimum absolute atomic E-state index is 0.0148. The molecule has 1 heterocycles. The molecular weight excluding hydrogens is 436 g/mol. The third-order valence-corrected chi connectivity index (χ3v) is 5.60. The highest BCUT2D eigenvalue weighted by molar-refractivity contribution is 5.92. The quantitative estimate of drug-likeness (QED) is 0.261. The molecule has 0 saturated heterocycles. The monoisotopic (exact) mass is 468 g/mol. The van der Waals surface area contributed by atoms with Crippen molar-refractivity contribution in [2.45, 2.75) is 26.7 Å². The zero-order valence-corrected chi connectivity index (χ0v) is 20.3. The Morgan fingerprint density at radius 1 is 0.943 bits per heavy atom. The fourth-order valence-corrected chi connectivity index (χ4v) is 4.03. The Morgan fingerprint density at radius 2 is 1.71 bits per heavy atom. The number of aromatic amines is 1. The van der Waals surface area contributed by atoms with E-state index < -0.39 is 0 Å². The van der Waals surface area contributed by atoms with Gasteiger partial charge in [-0.3, -0.25) is 14.8 Å². The van der Waals surface area contributed by atoms with Gasteiger partial charge >= 0.3 is 0 Å². The maximum Gasteiger partial charge on any atom is 0.238 e. The van der Waals surface area contributed by atoms with Gasteiger partial charge in [0.1, 0.15) is 11.5 Å². The predicted molar refractivity (Wildman–Crippen MR) is 144 cm³/mol. The second-order valence-corrected chi connectivity index (χ2v) is 8.51. The Kier molecular flexibility index (Phi) is 8.30. The minimum atomic E-state index is -0.0148. The Morgan fingerprint density at radius 3 is 2.49 bits per heavy atom. The number of nitrogens with one attached hydrogen (secondary N) is 2. The predicted octanol–water partition coefficient (Wildman–Crippen LogP) is 6.59. The van der Waals surface area contributed by atoms with E-state index in [1.54, 1.807) is 0 Å². The number of nitrogens with zero attached hydrogens (tertiary/aromatic N) is 2. The summed E-state index contributed by atoms with van der Waals surface area (Å²) in [5.41, 5.74) is 3.61. The summed E-state index contributed by atoms with van der Waals surface area (Å²) in [7, 11) is 0. The highest BCUT2D eigenvalue weighted by Gasteiger charge is 2.10. The van der Waals surface area contributed by atoms with Crippen molar-refractivity contribution in [3.63, 3.8) is 0 Å². The molecule has 0 aliphatic carbocycles. The summed E-state index contributed by atoms with van der Waals surface area (Å²) < 4.78 is 6.08. The summed E-state index contributed by atoms with van der Waals surface area (Å²) in [6.07, 6.45) is 6.11. The Bertz CT molecular complexity index is 1270. The van der Waals surface area contributed by atoms with Crippen LogP contribution in [-0.4, -0.2) is 40.6 Å². The third kappa shape index (κ3) is 6.80. The highest BCUT2D eigenvalue weighted by Crippen LogP contribution is 2.28. The van der Waals surface area contributed by atoms with E-state index in [9.17, 15) is 4.79 Å². The van der Waals surface area contributed by atoms with E-state index in [-0.39, 0.29) is 5.91 Å². The molecule has 4 rings (SSSR count). The van der Waals surface area contributed by atoms with Crippen LogP contribution in [0.4, 0.5) is 5.69 Å². The fourth-order valence-electron chi connectivity index (χ4n) is 4.03. The van der Waals surface area contributed by atoms with Gasteiger partial charge < -0.3 is 10.1 Å². The van der Waals surface area contributed by atoms with Gasteiger partial charge in [0.15, 0.2) is 0 Å². The van der Waals surface area contributed by atoms with E-state index in [2.05, 4.69) is 46.4 Å². The van der Waals surface area contributed by atoms with Crippen LogP contribution >= 0.6 is 0 Å². The summed E-state index contributed by atoms with van der Waals surface area (Å²) in [4.78, 5) is 14.7. The molecule has 1 amide bonds. The van der Waals surface area contributed by atoms with Gasteiger partial charge in [-0.1, -0.05) is 56.3 Å². The van der Waals surface area contributed by atoms with Crippen LogP contribution in [0.15, 0.2) is 72.8 Å². The normalized spacial score (nSPS) is 11.4. The maximum atomic E-state index is 12.5. The molecule has 6 nitrogen and oxygen atoms in total. The molecular formula is C29H32N4O2. The first kappa shape index (κ1) is 24.2. The van der Waals surface area contributed by atoms with Crippen LogP contribution < -0.4 is 10.1 Å². The topological polar surface area (TPSA) is 70.2 Å². The largest absolute Gasteiger partial charge is 0.457 e. The first-order valence-electron chi connectivity index (χ1n) is 12.2. The van der Waals surface area contributed by atoms with Crippen molar-refractivity contribution in [1.29, 1.82) is 0 Å². The lowest BCUT2D eigenvalue weighted by atomic mass is 10.1. The molecule has 4 aromatic rings. The molecule has 2 N–H and O–H groups in total. The first-order chi connectivity index (χ1) is 17.1. The van der Waals surface area contributed by atoms with Gasteiger partial charge in [-0.05, 0) is 61.8 Å². The average Bonchev–Trinajstić information content (AvgIpc) is 3.26. The summed E-state index contributed by atoms with van der Waals surface area (Å²) in [6.45, 7) is 6.49. The zero-order valence-electron chi connectivity index (χ0n) is 20.3. The number of hydrogen-bond acceptors (Lipinski definition) is 4. The van der Waals surface area contributed by atoms with E-state index in [1.807, 2.05) is 72.8 Å². The molecule has 3 aromatic carbocycles. The van der Waals surface area contributed by atoms with Crippen LogP contribution in [0, 0.1) is 0 Å². The number of H-pyrrole nitrogens is 1. The number of benzene rings is 3. The Labute approximate surface area is 206 Å². The van der Waals surface area contributed by atoms with Crippen molar-refractivity contribution in [3.05, 3.63) is 84.1 Å². The SMILES string of the molecule is CCCN(CCC)CC(=O)Nc1cccc(Oc2ccc3c(/C=C/c4ccccc4)n[nH]c3c2)c1. The second-order valence-electron chi connectivity index (χ2n) is 8.51. The van der Waals surface area contributed by atoms with Crippen LogP contribution in [0.3, 0.4) is 0 Å². The molecule has 0 saturated carbocycles. The smallest absolute Gasteiger partial charge is 0.238 e. The van der Waals surface area contributed by atoms with Gasteiger partial charge in [-0.25, -0.2) is 0 Å². The van der Waals surface area contributed by atoms with Gasteiger partial charge in [0.05, 0.1) is 17.8 Å². The maximum absolute atomic E-state index is 12.5. The van der Waals surface area contributed by atoms with E-state index in [0.717, 1.165) is 53.8 Å². The van der Waals surface area contributed by atoms with E-state index in [0.29, 0.717) is 18.0 Å². The molecule has 180 valence electrons. The van der Waals surface area contributed by atoms with E-state index >= 15 is 0 Å². The van der Waals surface area contributed by atoms with Crippen LogP contribution in [0.2, 0.25) is 0 Å². The van der Waals surface area contributed by atoms with Crippen molar-refractivity contribution < 1.29 is 9.53 Å².